The molecule has 0 aliphatic rings. The normalized spacial score (nSPS) is 11.8. The minimum Gasteiger partial charge on any atom is -0.329 e. The van der Waals surface area contributed by atoms with Crippen LogP contribution in [0.15, 0.2) is 4.99 Å². The molecule has 0 heterocycles. The van der Waals surface area contributed by atoms with Crippen LogP contribution in [0.3, 0.4) is 0 Å². The maximum absolute atomic E-state index is 5.58. The number of hydrogen-bond donors (Lipinski definition) is 3. The van der Waals surface area contributed by atoms with E-state index in [0.717, 1.165) is 52.2 Å². The molecule has 5 heteroatoms. The van der Waals surface area contributed by atoms with Gasteiger partial charge in [0.1, 0.15) is 0 Å². The molecule has 0 atom stereocenters. The second-order valence-electron chi connectivity index (χ2n) is 3.71. The van der Waals surface area contributed by atoms with E-state index in [2.05, 4.69) is 20.5 Å². The van der Waals surface area contributed by atoms with E-state index < -0.39 is 0 Å². The van der Waals surface area contributed by atoms with Gasteiger partial charge >= 0.3 is 0 Å². The van der Waals surface area contributed by atoms with Crippen molar-refractivity contribution in [2.45, 2.75) is 6.42 Å². The summed E-state index contributed by atoms with van der Waals surface area (Å²) in [4.78, 5) is 6.35. The number of likely N-dealkylation sites (N-methyl/N-ethyl adjacent to an activating group) is 1. The zero-order chi connectivity index (χ0) is 12.1. The van der Waals surface area contributed by atoms with Crippen molar-refractivity contribution in [1.29, 1.82) is 0 Å². The molecule has 0 radical (unpaired) electrons. The maximum Gasteiger partial charge on any atom is 0.0273 e. The highest BCUT2D eigenvalue weighted by Gasteiger charge is 2.01. The molecule has 0 fully saturated rings. The van der Waals surface area contributed by atoms with Crippen LogP contribution >= 0.6 is 0 Å². The lowest BCUT2D eigenvalue weighted by atomic mass is 10.3. The SMILES string of the molecule is CN=CCCN(CCN)CCNCCNC. The van der Waals surface area contributed by atoms with Crippen LogP contribution < -0.4 is 16.4 Å². The molecular weight excluding hydrogens is 202 g/mol. The zero-order valence-corrected chi connectivity index (χ0v) is 10.7. The molecule has 0 aliphatic carbocycles. The number of nitrogens with two attached hydrogens (primary N) is 1. The monoisotopic (exact) mass is 229 g/mol. The number of aliphatic imine (C=N–C) groups is 1. The van der Waals surface area contributed by atoms with Crippen molar-refractivity contribution in [3.05, 3.63) is 0 Å². The van der Waals surface area contributed by atoms with Crippen molar-refractivity contribution in [3.8, 4) is 0 Å². The fraction of sp³-hybridized carbons (Fsp3) is 0.909. The first-order valence-corrected chi connectivity index (χ1v) is 6.03. The van der Waals surface area contributed by atoms with Gasteiger partial charge in [0.15, 0.2) is 0 Å². The molecule has 0 aromatic carbocycles. The highest BCUT2D eigenvalue weighted by atomic mass is 15.1. The molecule has 0 amide bonds. The molecule has 0 rings (SSSR count). The summed E-state index contributed by atoms with van der Waals surface area (Å²) in [5, 5.41) is 6.50. The van der Waals surface area contributed by atoms with Crippen LogP contribution in [0.4, 0.5) is 0 Å². The quantitative estimate of drug-likeness (QED) is 0.319. The lowest BCUT2D eigenvalue weighted by molar-refractivity contribution is 0.289. The number of nitrogens with one attached hydrogen (secondary N) is 2. The fourth-order valence-corrected chi connectivity index (χ4v) is 1.46. The molecule has 0 saturated carbocycles. The minimum atomic E-state index is 0.722. The third-order valence-electron chi connectivity index (χ3n) is 2.36. The topological polar surface area (TPSA) is 65.7 Å². The van der Waals surface area contributed by atoms with Gasteiger partial charge in [-0.25, -0.2) is 0 Å². The van der Waals surface area contributed by atoms with Crippen molar-refractivity contribution in [2.24, 2.45) is 10.7 Å². The van der Waals surface area contributed by atoms with E-state index in [1.165, 1.54) is 0 Å². The van der Waals surface area contributed by atoms with E-state index in [1.807, 2.05) is 20.3 Å². The third-order valence-corrected chi connectivity index (χ3v) is 2.36. The van der Waals surface area contributed by atoms with Crippen molar-refractivity contribution < 1.29 is 0 Å². The Bertz CT molecular complexity index is 160. The first-order valence-electron chi connectivity index (χ1n) is 6.03. The van der Waals surface area contributed by atoms with Crippen LogP contribution in [0.5, 0.6) is 0 Å². The number of rotatable bonds is 11. The van der Waals surface area contributed by atoms with Crippen LogP contribution in [-0.2, 0) is 0 Å². The van der Waals surface area contributed by atoms with Crippen LogP contribution in [-0.4, -0.2) is 71.0 Å². The smallest absolute Gasteiger partial charge is 0.0273 e. The Kier molecular flexibility index (Phi) is 12.2. The summed E-state index contributed by atoms with van der Waals surface area (Å²) in [5.74, 6) is 0. The van der Waals surface area contributed by atoms with E-state index in [1.54, 1.807) is 0 Å². The average molecular weight is 229 g/mol. The molecule has 0 saturated heterocycles. The maximum atomic E-state index is 5.58. The lowest BCUT2D eigenvalue weighted by Gasteiger charge is -2.20. The molecule has 4 N–H and O–H groups in total. The molecule has 5 nitrogen and oxygen atoms in total. The number of nitrogens with zero attached hydrogens (tertiary/aromatic N) is 2. The predicted octanol–water partition coefficient (Wildman–Crippen LogP) is -0.853. The van der Waals surface area contributed by atoms with Crippen LogP contribution in [0.1, 0.15) is 6.42 Å². The summed E-state index contributed by atoms with van der Waals surface area (Å²) in [6.45, 7) is 6.83. The van der Waals surface area contributed by atoms with Crippen molar-refractivity contribution in [1.82, 2.24) is 15.5 Å². The molecular formula is C11H27N5. The summed E-state index contributed by atoms with van der Waals surface area (Å²) < 4.78 is 0. The van der Waals surface area contributed by atoms with Gasteiger partial charge in [0.25, 0.3) is 0 Å². The van der Waals surface area contributed by atoms with Gasteiger partial charge in [0.05, 0.1) is 0 Å². The molecule has 0 aromatic rings. The van der Waals surface area contributed by atoms with Gasteiger partial charge in [-0.1, -0.05) is 0 Å². The predicted molar refractivity (Wildman–Crippen MR) is 71.3 cm³/mol. The standard InChI is InChI=1S/C11H27N5/c1-13-5-3-9-16(10-4-12)11-8-15-7-6-14-2/h5,14-15H,3-4,6-12H2,1-2H3. The Morgan fingerprint density at radius 3 is 2.62 bits per heavy atom. The second-order valence-corrected chi connectivity index (χ2v) is 3.71. The lowest BCUT2D eigenvalue weighted by Crippen LogP contribution is -2.37. The molecule has 96 valence electrons. The summed E-state index contributed by atoms with van der Waals surface area (Å²) in [5.41, 5.74) is 5.58. The first kappa shape index (κ1) is 15.5. The Morgan fingerprint density at radius 2 is 2.00 bits per heavy atom. The van der Waals surface area contributed by atoms with Crippen molar-refractivity contribution in [2.75, 3.05) is 59.9 Å². The molecule has 16 heavy (non-hydrogen) atoms. The van der Waals surface area contributed by atoms with Gasteiger partial charge in [-0.3, -0.25) is 0 Å². The van der Waals surface area contributed by atoms with Crippen LogP contribution in [0.2, 0.25) is 0 Å². The summed E-state index contributed by atoms with van der Waals surface area (Å²) in [6, 6.07) is 0. The Labute approximate surface area is 99.5 Å². The van der Waals surface area contributed by atoms with Crippen molar-refractivity contribution in [3.63, 3.8) is 0 Å². The number of hydrogen-bond acceptors (Lipinski definition) is 5. The van der Waals surface area contributed by atoms with E-state index in [0.29, 0.717) is 0 Å². The third kappa shape index (κ3) is 10.0. The van der Waals surface area contributed by atoms with Gasteiger partial charge in [0, 0.05) is 52.9 Å². The Balaban J connectivity index is 3.50. The summed E-state index contributed by atoms with van der Waals surface area (Å²) >= 11 is 0. The van der Waals surface area contributed by atoms with Gasteiger partial charge in [-0.05, 0) is 19.7 Å². The Hall–Kier alpha value is -0.490. The highest BCUT2D eigenvalue weighted by molar-refractivity contribution is 5.56. The van der Waals surface area contributed by atoms with Gasteiger partial charge in [-0.2, -0.15) is 0 Å². The molecule has 0 aromatic heterocycles. The molecule has 0 bridgehead atoms. The zero-order valence-electron chi connectivity index (χ0n) is 10.7. The van der Waals surface area contributed by atoms with Gasteiger partial charge in [0.2, 0.25) is 0 Å². The van der Waals surface area contributed by atoms with E-state index in [9.17, 15) is 0 Å². The van der Waals surface area contributed by atoms with E-state index >= 15 is 0 Å². The fourth-order valence-electron chi connectivity index (χ4n) is 1.46. The summed E-state index contributed by atoms with van der Waals surface area (Å²) in [7, 11) is 3.78. The van der Waals surface area contributed by atoms with Crippen LogP contribution in [0, 0.1) is 0 Å². The second kappa shape index (κ2) is 12.6. The van der Waals surface area contributed by atoms with Gasteiger partial charge in [-0.15, -0.1) is 0 Å². The molecule has 0 unspecified atom stereocenters. The van der Waals surface area contributed by atoms with Crippen LogP contribution in [0.25, 0.3) is 0 Å². The highest BCUT2D eigenvalue weighted by Crippen LogP contribution is 1.88. The van der Waals surface area contributed by atoms with E-state index in [-0.39, 0.29) is 0 Å². The average Bonchev–Trinajstić information content (AvgIpc) is 2.29. The van der Waals surface area contributed by atoms with E-state index in [4.69, 9.17) is 5.73 Å². The van der Waals surface area contributed by atoms with Gasteiger partial charge < -0.3 is 26.3 Å². The molecule has 0 aliphatic heterocycles. The molecule has 0 spiro atoms. The minimum absolute atomic E-state index is 0.722. The first-order chi connectivity index (χ1) is 7.85. The largest absolute Gasteiger partial charge is 0.329 e. The van der Waals surface area contributed by atoms with Crippen molar-refractivity contribution >= 4 is 6.21 Å². The summed E-state index contributed by atoms with van der Waals surface area (Å²) in [6.07, 6.45) is 2.96. The Morgan fingerprint density at radius 1 is 1.19 bits per heavy atom.